The molecule has 0 aromatic heterocycles. The number of nitrogens with one attached hydrogen (secondary N) is 1. The van der Waals surface area contributed by atoms with E-state index in [4.69, 9.17) is 4.74 Å². The average Bonchev–Trinajstić information content (AvgIpc) is 2.04. The third-order valence-corrected chi connectivity index (χ3v) is 2.26. The van der Waals surface area contributed by atoms with Crippen molar-refractivity contribution in [2.45, 2.75) is 4.90 Å². The van der Waals surface area contributed by atoms with Crippen LogP contribution >= 0.6 is 35.5 Å². The van der Waals surface area contributed by atoms with Gasteiger partial charge >= 0.3 is 0 Å². The third kappa shape index (κ3) is 2.16. The summed E-state index contributed by atoms with van der Waals surface area (Å²) >= 11 is 6.32. The molecule has 0 spiro atoms. The van der Waals surface area contributed by atoms with E-state index in [0.29, 0.717) is 0 Å². The molecule has 0 saturated carbocycles. The average molecular weight is 281 g/mol. The third-order valence-electron chi connectivity index (χ3n) is 1.31. The number of anilines is 1. The van der Waals surface area contributed by atoms with E-state index in [-0.39, 0.29) is 0 Å². The second-order valence-corrected chi connectivity index (χ2v) is 3.00. The van der Waals surface area contributed by atoms with Crippen molar-refractivity contribution >= 4 is 41.2 Å². The van der Waals surface area contributed by atoms with Crippen LogP contribution in [0.25, 0.3) is 0 Å². The highest BCUT2D eigenvalue weighted by atomic mass is 127. The van der Waals surface area contributed by atoms with Gasteiger partial charge in [0, 0.05) is 4.90 Å². The summed E-state index contributed by atoms with van der Waals surface area (Å²) in [7, 11) is 1.64. The van der Waals surface area contributed by atoms with Crippen molar-refractivity contribution in [3.63, 3.8) is 0 Å². The van der Waals surface area contributed by atoms with E-state index in [9.17, 15) is 0 Å². The standard InChI is InChI=1S/C7H8INOS/c1-10-5-2-3-6(9-8)7(11)4-5/h2-4,9,11H,1H3. The second kappa shape index (κ2) is 4.06. The van der Waals surface area contributed by atoms with Crippen LogP contribution in [0.1, 0.15) is 0 Å². The zero-order valence-corrected chi connectivity index (χ0v) is 9.02. The first-order valence-corrected chi connectivity index (χ1v) is 4.54. The van der Waals surface area contributed by atoms with Crippen LogP contribution in [-0.4, -0.2) is 7.11 Å². The lowest BCUT2D eigenvalue weighted by Gasteiger charge is -2.04. The van der Waals surface area contributed by atoms with Crippen LogP contribution in [0.3, 0.4) is 0 Å². The van der Waals surface area contributed by atoms with Crippen molar-refractivity contribution in [3.8, 4) is 5.75 Å². The molecule has 0 heterocycles. The highest BCUT2D eigenvalue weighted by Gasteiger charge is 1.97. The Morgan fingerprint density at radius 3 is 2.73 bits per heavy atom. The summed E-state index contributed by atoms with van der Waals surface area (Å²) in [6.07, 6.45) is 0. The minimum absolute atomic E-state index is 0.824. The molecule has 0 fully saturated rings. The zero-order chi connectivity index (χ0) is 8.27. The van der Waals surface area contributed by atoms with Gasteiger partial charge in [-0.15, -0.1) is 12.6 Å². The fourth-order valence-electron chi connectivity index (χ4n) is 0.718. The van der Waals surface area contributed by atoms with Crippen LogP contribution in [-0.2, 0) is 0 Å². The van der Waals surface area contributed by atoms with Crippen LogP contribution in [0.4, 0.5) is 5.69 Å². The van der Waals surface area contributed by atoms with Crippen LogP contribution in [0.2, 0.25) is 0 Å². The molecule has 0 aliphatic rings. The number of ether oxygens (including phenoxy) is 1. The topological polar surface area (TPSA) is 21.3 Å². The van der Waals surface area contributed by atoms with Crippen molar-refractivity contribution in [1.29, 1.82) is 0 Å². The SMILES string of the molecule is COc1ccc(NI)c(S)c1. The Kier molecular flexibility index (Phi) is 3.32. The lowest BCUT2D eigenvalue weighted by atomic mass is 10.3. The van der Waals surface area contributed by atoms with E-state index in [2.05, 4.69) is 39.0 Å². The monoisotopic (exact) mass is 281 g/mol. The largest absolute Gasteiger partial charge is 0.497 e. The molecule has 11 heavy (non-hydrogen) atoms. The fourth-order valence-corrected chi connectivity index (χ4v) is 1.66. The van der Waals surface area contributed by atoms with Crippen molar-refractivity contribution in [3.05, 3.63) is 18.2 Å². The van der Waals surface area contributed by atoms with E-state index >= 15 is 0 Å². The van der Waals surface area contributed by atoms with Crippen LogP contribution < -0.4 is 8.27 Å². The van der Waals surface area contributed by atoms with E-state index in [1.54, 1.807) is 7.11 Å². The van der Waals surface area contributed by atoms with Gasteiger partial charge in [0.25, 0.3) is 0 Å². The number of hydrogen-bond donors (Lipinski definition) is 2. The number of rotatable bonds is 2. The van der Waals surface area contributed by atoms with E-state index in [0.717, 1.165) is 16.3 Å². The maximum atomic E-state index is 5.02. The molecule has 1 aromatic rings. The molecule has 4 heteroatoms. The maximum absolute atomic E-state index is 5.02. The van der Waals surface area contributed by atoms with E-state index in [1.165, 1.54) is 0 Å². The number of thiol groups is 1. The molecule has 1 N–H and O–H groups in total. The summed E-state index contributed by atoms with van der Waals surface area (Å²) < 4.78 is 8.00. The molecule has 0 aliphatic carbocycles. The van der Waals surface area contributed by atoms with Crippen molar-refractivity contribution in [1.82, 2.24) is 0 Å². The van der Waals surface area contributed by atoms with Gasteiger partial charge in [0.05, 0.1) is 35.7 Å². The number of methoxy groups -OCH3 is 1. The molecule has 0 amide bonds. The fraction of sp³-hybridized carbons (Fsp3) is 0.143. The Morgan fingerprint density at radius 1 is 1.55 bits per heavy atom. The molecule has 2 nitrogen and oxygen atoms in total. The van der Waals surface area contributed by atoms with Crippen molar-refractivity contribution < 1.29 is 4.74 Å². The summed E-state index contributed by atoms with van der Waals surface area (Å²) in [4.78, 5) is 0.888. The minimum atomic E-state index is 0.824. The molecular formula is C7H8INOS. The van der Waals surface area contributed by atoms with Crippen LogP contribution in [0.5, 0.6) is 5.75 Å². The first-order chi connectivity index (χ1) is 5.27. The quantitative estimate of drug-likeness (QED) is 0.494. The van der Waals surface area contributed by atoms with Gasteiger partial charge in [-0.3, -0.25) is 0 Å². The maximum Gasteiger partial charge on any atom is 0.120 e. The Balaban J connectivity index is 2.99. The molecule has 1 rings (SSSR count). The molecule has 0 saturated heterocycles. The summed E-state index contributed by atoms with van der Waals surface area (Å²) in [6, 6.07) is 5.68. The Hall–Kier alpha value is -0.100. The minimum Gasteiger partial charge on any atom is -0.497 e. The van der Waals surface area contributed by atoms with Gasteiger partial charge in [-0.25, -0.2) is 0 Å². The normalized spacial score (nSPS) is 9.36. The Bertz CT molecular complexity index is 254. The Labute approximate surface area is 85.2 Å². The molecule has 0 unspecified atom stereocenters. The second-order valence-electron chi connectivity index (χ2n) is 1.98. The highest BCUT2D eigenvalue weighted by molar-refractivity contribution is 14.1. The molecule has 1 aromatic carbocycles. The molecular weight excluding hydrogens is 273 g/mol. The van der Waals surface area contributed by atoms with Gasteiger partial charge in [0.1, 0.15) is 5.75 Å². The predicted octanol–water partition coefficient (Wildman–Crippen LogP) is 2.75. The smallest absolute Gasteiger partial charge is 0.120 e. The summed E-state index contributed by atoms with van der Waals surface area (Å²) in [5.41, 5.74) is 0.995. The number of hydrogen-bond acceptors (Lipinski definition) is 3. The molecule has 0 radical (unpaired) electrons. The summed E-state index contributed by atoms with van der Waals surface area (Å²) in [6.45, 7) is 0. The number of benzene rings is 1. The van der Waals surface area contributed by atoms with Gasteiger partial charge in [-0.05, 0) is 18.2 Å². The van der Waals surface area contributed by atoms with Gasteiger partial charge in [-0.1, -0.05) is 0 Å². The first kappa shape index (κ1) is 8.99. The van der Waals surface area contributed by atoms with E-state index < -0.39 is 0 Å². The summed E-state index contributed by atoms with van der Waals surface area (Å²) in [5.74, 6) is 0.824. The van der Waals surface area contributed by atoms with Gasteiger partial charge < -0.3 is 8.27 Å². The van der Waals surface area contributed by atoms with Crippen molar-refractivity contribution in [2.75, 3.05) is 10.6 Å². The zero-order valence-electron chi connectivity index (χ0n) is 5.97. The number of halogens is 1. The summed E-state index contributed by atoms with van der Waals surface area (Å²) in [5, 5.41) is 0. The van der Waals surface area contributed by atoms with Gasteiger partial charge in [0.15, 0.2) is 0 Å². The lowest BCUT2D eigenvalue weighted by molar-refractivity contribution is 0.414. The molecule has 0 atom stereocenters. The van der Waals surface area contributed by atoms with Gasteiger partial charge in [0.2, 0.25) is 0 Å². The molecule has 0 bridgehead atoms. The van der Waals surface area contributed by atoms with Crippen LogP contribution in [0.15, 0.2) is 23.1 Å². The lowest BCUT2D eigenvalue weighted by Crippen LogP contribution is -1.85. The van der Waals surface area contributed by atoms with E-state index in [1.807, 2.05) is 18.2 Å². The first-order valence-electron chi connectivity index (χ1n) is 3.01. The molecule has 60 valence electrons. The van der Waals surface area contributed by atoms with Crippen LogP contribution in [0, 0.1) is 0 Å². The Morgan fingerprint density at radius 2 is 2.27 bits per heavy atom. The van der Waals surface area contributed by atoms with Crippen molar-refractivity contribution in [2.24, 2.45) is 0 Å². The predicted molar refractivity (Wildman–Crippen MR) is 57.9 cm³/mol. The highest BCUT2D eigenvalue weighted by Crippen LogP contribution is 2.25. The molecule has 0 aliphatic heterocycles. The van der Waals surface area contributed by atoms with Gasteiger partial charge in [-0.2, -0.15) is 0 Å².